The molecule has 1 aromatic rings. The number of nitrogens with zero attached hydrogens (tertiary/aromatic N) is 2. The molecule has 6 nitrogen and oxygen atoms in total. The SMILES string of the molecule is COC(=O)c1cc(Cl)cc(N(C)C2CCN(C(=O)OC(C)(C)C)CC2)c1C. The predicted octanol–water partition coefficient (Wildman–Crippen LogP) is 4.27. The zero-order valence-electron chi connectivity index (χ0n) is 17.0. The van der Waals surface area contributed by atoms with E-state index in [-0.39, 0.29) is 12.1 Å². The van der Waals surface area contributed by atoms with Gasteiger partial charge in [0.1, 0.15) is 5.60 Å². The Morgan fingerprint density at radius 3 is 2.33 bits per heavy atom. The van der Waals surface area contributed by atoms with Gasteiger partial charge in [0.05, 0.1) is 12.7 Å². The molecule has 0 atom stereocenters. The van der Waals surface area contributed by atoms with Crippen molar-refractivity contribution < 1.29 is 19.1 Å². The minimum Gasteiger partial charge on any atom is -0.465 e. The highest BCUT2D eigenvalue weighted by Gasteiger charge is 2.29. The Bertz CT molecular complexity index is 707. The number of hydrogen-bond donors (Lipinski definition) is 0. The van der Waals surface area contributed by atoms with Crippen LogP contribution in [0.2, 0.25) is 5.02 Å². The highest BCUT2D eigenvalue weighted by Crippen LogP contribution is 2.31. The molecule has 0 unspecified atom stereocenters. The van der Waals surface area contributed by atoms with E-state index in [1.165, 1.54) is 7.11 Å². The molecule has 150 valence electrons. The van der Waals surface area contributed by atoms with Crippen LogP contribution in [0.4, 0.5) is 10.5 Å². The molecule has 1 saturated heterocycles. The summed E-state index contributed by atoms with van der Waals surface area (Å²) in [5.41, 5.74) is 1.72. The van der Waals surface area contributed by atoms with Crippen molar-refractivity contribution in [1.29, 1.82) is 0 Å². The van der Waals surface area contributed by atoms with Gasteiger partial charge < -0.3 is 19.3 Å². The van der Waals surface area contributed by atoms with Crippen LogP contribution in [-0.2, 0) is 9.47 Å². The Morgan fingerprint density at radius 1 is 1.22 bits per heavy atom. The summed E-state index contributed by atoms with van der Waals surface area (Å²) in [5, 5.41) is 0.494. The third-order valence-electron chi connectivity index (χ3n) is 4.79. The van der Waals surface area contributed by atoms with E-state index in [9.17, 15) is 9.59 Å². The lowest BCUT2D eigenvalue weighted by atomic mass is 10.0. The van der Waals surface area contributed by atoms with Crippen molar-refractivity contribution in [3.63, 3.8) is 0 Å². The Labute approximate surface area is 166 Å². The van der Waals surface area contributed by atoms with Gasteiger partial charge in [0.15, 0.2) is 0 Å². The summed E-state index contributed by atoms with van der Waals surface area (Å²) in [6.07, 6.45) is 1.36. The van der Waals surface area contributed by atoms with Crippen LogP contribution in [0.3, 0.4) is 0 Å². The van der Waals surface area contributed by atoms with Gasteiger partial charge >= 0.3 is 12.1 Å². The van der Waals surface area contributed by atoms with Crippen LogP contribution in [0.15, 0.2) is 12.1 Å². The van der Waals surface area contributed by atoms with E-state index in [0.717, 1.165) is 24.1 Å². The fraction of sp³-hybridized carbons (Fsp3) is 0.600. The third kappa shape index (κ3) is 5.28. The standard InChI is InChI=1S/C20H29ClN2O4/c1-13-16(18(24)26-6)11-14(21)12-17(13)22(5)15-7-9-23(10-8-15)19(25)27-20(2,3)4/h11-12,15H,7-10H2,1-6H3. The number of anilines is 1. The molecule has 0 N–H and O–H groups in total. The van der Waals surface area contributed by atoms with Crippen LogP contribution in [0.5, 0.6) is 0 Å². The van der Waals surface area contributed by atoms with Crippen LogP contribution in [0.25, 0.3) is 0 Å². The fourth-order valence-electron chi connectivity index (χ4n) is 3.31. The highest BCUT2D eigenvalue weighted by molar-refractivity contribution is 6.31. The molecule has 2 rings (SSSR count). The minimum absolute atomic E-state index is 0.242. The van der Waals surface area contributed by atoms with Gasteiger partial charge in [-0.1, -0.05) is 11.6 Å². The Kier molecular flexibility index (Phi) is 6.63. The first kappa shape index (κ1) is 21.4. The summed E-state index contributed by atoms with van der Waals surface area (Å²) >= 11 is 6.23. The normalized spacial score (nSPS) is 15.4. The predicted molar refractivity (Wildman–Crippen MR) is 107 cm³/mol. The number of hydrogen-bond acceptors (Lipinski definition) is 5. The Morgan fingerprint density at radius 2 is 1.81 bits per heavy atom. The molecule has 1 heterocycles. The molecule has 0 aliphatic carbocycles. The van der Waals surface area contributed by atoms with Crippen LogP contribution in [0.1, 0.15) is 49.5 Å². The van der Waals surface area contributed by atoms with Crippen molar-refractivity contribution in [3.05, 3.63) is 28.3 Å². The molecule has 0 bridgehead atoms. The molecular formula is C20H29ClN2O4. The van der Waals surface area contributed by atoms with Gasteiger partial charge in [0, 0.05) is 36.9 Å². The molecule has 0 saturated carbocycles. The van der Waals surface area contributed by atoms with Crippen molar-refractivity contribution >= 4 is 29.4 Å². The first-order valence-corrected chi connectivity index (χ1v) is 9.50. The van der Waals surface area contributed by atoms with E-state index >= 15 is 0 Å². The molecule has 1 aliphatic heterocycles. The number of methoxy groups -OCH3 is 1. The molecule has 1 aliphatic rings. The summed E-state index contributed by atoms with van der Waals surface area (Å²) < 4.78 is 10.3. The number of likely N-dealkylation sites (tertiary alicyclic amines) is 1. The molecule has 1 amide bonds. The summed E-state index contributed by atoms with van der Waals surface area (Å²) in [6.45, 7) is 8.76. The highest BCUT2D eigenvalue weighted by atomic mass is 35.5. The second kappa shape index (κ2) is 8.38. The summed E-state index contributed by atoms with van der Waals surface area (Å²) in [5.74, 6) is -0.399. The summed E-state index contributed by atoms with van der Waals surface area (Å²) in [4.78, 5) is 28.1. The lowest BCUT2D eigenvalue weighted by Crippen LogP contribution is -2.47. The van der Waals surface area contributed by atoms with E-state index in [0.29, 0.717) is 23.7 Å². The van der Waals surface area contributed by atoms with E-state index in [1.54, 1.807) is 11.0 Å². The summed E-state index contributed by atoms with van der Waals surface area (Å²) in [6, 6.07) is 3.74. The molecule has 0 spiro atoms. The number of piperidine rings is 1. The van der Waals surface area contributed by atoms with Gasteiger partial charge in [-0.15, -0.1) is 0 Å². The van der Waals surface area contributed by atoms with Gasteiger partial charge in [-0.25, -0.2) is 9.59 Å². The molecule has 1 fully saturated rings. The third-order valence-corrected chi connectivity index (χ3v) is 5.01. The summed E-state index contributed by atoms with van der Waals surface area (Å²) in [7, 11) is 3.35. The van der Waals surface area contributed by atoms with Crippen molar-refractivity contribution in [3.8, 4) is 0 Å². The Hall–Kier alpha value is -1.95. The number of amides is 1. The first-order chi connectivity index (χ1) is 12.5. The van der Waals surface area contributed by atoms with E-state index in [2.05, 4.69) is 4.90 Å². The zero-order chi connectivity index (χ0) is 20.4. The van der Waals surface area contributed by atoms with Crippen LogP contribution in [-0.4, -0.2) is 55.9 Å². The van der Waals surface area contributed by atoms with Gasteiger partial charge in [0.2, 0.25) is 0 Å². The maximum absolute atomic E-state index is 12.2. The second-order valence-electron chi connectivity index (χ2n) is 7.90. The fourth-order valence-corrected chi connectivity index (χ4v) is 3.52. The lowest BCUT2D eigenvalue weighted by Gasteiger charge is -2.39. The van der Waals surface area contributed by atoms with Gasteiger partial charge in [-0.3, -0.25) is 0 Å². The monoisotopic (exact) mass is 396 g/mol. The van der Waals surface area contributed by atoms with Crippen LogP contribution >= 0.6 is 11.6 Å². The number of esters is 1. The molecule has 0 radical (unpaired) electrons. The largest absolute Gasteiger partial charge is 0.465 e. The van der Waals surface area contributed by atoms with Gasteiger partial charge in [-0.05, 0) is 58.2 Å². The second-order valence-corrected chi connectivity index (χ2v) is 8.33. The van der Waals surface area contributed by atoms with Gasteiger partial charge in [-0.2, -0.15) is 0 Å². The van der Waals surface area contributed by atoms with E-state index in [1.807, 2.05) is 40.8 Å². The Balaban J connectivity index is 2.10. The molecular weight excluding hydrogens is 368 g/mol. The number of ether oxygens (including phenoxy) is 2. The molecule has 1 aromatic carbocycles. The number of halogens is 1. The molecule has 27 heavy (non-hydrogen) atoms. The van der Waals surface area contributed by atoms with Crippen LogP contribution in [0, 0.1) is 6.92 Å². The van der Waals surface area contributed by atoms with E-state index in [4.69, 9.17) is 21.1 Å². The van der Waals surface area contributed by atoms with Crippen molar-refractivity contribution in [2.24, 2.45) is 0 Å². The molecule has 0 aromatic heterocycles. The van der Waals surface area contributed by atoms with Crippen molar-refractivity contribution in [2.75, 3.05) is 32.1 Å². The topological polar surface area (TPSA) is 59.1 Å². The van der Waals surface area contributed by atoms with Gasteiger partial charge in [0.25, 0.3) is 0 Å². The quantitative estimate of drug-likeness (QED) is 0.714. The first-order valence-electron chi connectivity index (χ1n) is 9.12. The number of benzene rings is 1. The van der Waals surface area contributed by atoms with Crippen molar-refractivity contribution in [2.45, 2.75) is 52.2 Å². The zero-order valence-corrected chi connectivity index (χ0v) is 17.7. The number of carbonyl (C=O) groups excluding carboxylic acids is 2. The lowest BCUT2D eigenvalue weighted by molar-refractivity contribution is 0.0205. The van der Waals surface area contributed by atoms with Crippen LogP contribution < -0.4 is 4.90 Å². The van der Waals surface area contributed by atoms with E-state index < -0.39 is 11.6 Å². The smallest absolute Gasteiger partial charge is 0.410 e. The minimum atomic E-state index is -0.493. The number of rotatable bonds is 3. The molecule has 7 heteroatoms. The van der Waals surface area contributed by atoms with Crippen molar-refractivity contribution in [1.82, 2.24) is 4.90 Å². The number of carbonyl (C=O) groups is 2. The average Bonchev–Trinajstić information content (AvgIpc) is 2.60. The average molecular weight is 397 g/mol. The maximum Gasteiger partial charge on any atom is 0.410 e. The maximum atomic E-state index is 12.2.